The number of halogens is 2. The van der Waals surface area contributed by atoms with Crippen LogP contribution in [0.4, 0.5) is 19.5 Å². The van der Waals surface area contributed by atoms with E-state index < -0.39 is 34.6 Å². The molecule has 3 rings (SSSR count). The summed E-state index contributed by atoms with van der Waals surface area (Å²) in [6, 6.07) is 9.17. The number of carbonyl (C=O) groups excluding carboxylic acids is 1. The van der Waals surface area contributed by atoms with Crippen molar-refractivity contribution in [3.63, 3.8) is 0 Å². The van der Waals surface area contributed by atoms with Gasteiger partial charge < -0.3 is 15.0 Å². The summed E-state index contributed by atoms with van der Waals surface area (Å²) >= 11 is 0. The molecule has 1 amide bonds. The first-order chi connectivity index (χ1) is 14.9. The van der Waals surface area contributed by atoms with Crippen molar-refractivity contribution in [3.8, 4) is 0 Å². The molecule has 2 aromatic rings. The lowest BCUT2D eigenvalue weighted by Gasteiger charge is -2.37. The lowest BCUT2D eigenvalue weighted by atomic mass is 9.93. The molecule has 2 N–H and O–H groups in total. The summed E-state index contributed by atoms with van der Waals surface area (Å²) in [6.45, 7) is 1.65. The number of carbonyl (C=O) groups is 1. The van der Waals surface area contributed by atoms with Crippen LogP contribution in [-0.2, 0) is 21.5 Å². The van der Waals surface area contributed by atoms with Crippen LogP contribution in [0.15, 0.2) is 42.7 Å². The van der Waals surface area contributed by atoms with E-state index in [2.05, 4.69) is 15.3 Å². The van der Waals surface area contributed by atoms with Gasteiger partial charge in [0.15, 0.2) is 0 Å². The van der Waals surface area contributed by atoms with Gasteiger partial charge in [0, 0.05) is 31.4 Å². The molecule has 12 heteroatoms. The maximum absolute atomic E-state index is 14.5. The van der Waals surface area contributed by atoms with Gasteiger partial charge in [-0.2, -0.15) is 8.42 Å². The van der Waals surface area contributed by atoms with Crippen molar-refractivity contribution in [1.29, 1.82) is 0 Å². The maximum atomic E-state index is 14.5. The van der Waals surface area contributed by atoms with Crippen LogP contribution >= 0.6 is 0 Å². The molecule has 1 aromatic carbocycles. The van der Waals surface area contributed by atoms with Crippen molar-refractivity contribution in [2.75, 3.05) is 31.2 Å². The Balaban J connectivity index is 0.000000821. The molecule has 9 nitrogen and oxygen atoms in total. The van der Waals surface area contributed by atoms with E-state index in [1.165, 1.54) is 0 Å². The minimum absolute atomic E-state index is 0. The average molecular weight is 489 g/mol. The zero-order chi connectivity index (χ0) is 23.8. The van der Waals surface area contributed by atoms with Gasteiger partial charge >= 0.3 is 6.09 Å². The standard InChI is InChI=1S/C19H22F2N4O2.CH4O3S.CH4/c1-14-3-5-15(6-4-14)12-27-18(26)25-10-7-16(19(20,21)13-25)11-24-17-22-8-2-9-23-17;1-5(2,3)4;/h2-6,8-9,16H,7,10-13H2,1H3,(H,22,23,24);1H3,(H,2,3,4);1H4/t16-;;/m1../s1. The number of hydrogen-bond acceptors (Lipinski definition) is 7. The van der Waals surface area contributed by atoms with E-state index in [1.54, 1.807) is 18.5 Å². The number of ether oxygens (including phenoxy) is 1. The van der Waals surface area contributed by atoms with E-state index in [0.717, 1.165) is 16.0 Å². The number of likely N-dealkylation sites (tertiary alicyclic amines) is 1. The Bertz CT molecular complexity index is 968. The van der Waals surface area contributed by atoms with Gasteiger partial charge in [-0.05, 0) is 25.0 Å². The topological polar surface area (TPSA) is 122 Å². The predicted octanol–water partition coefficient (Wildman–Crippen LogP) is 3.63. The highest BCUT2D eigenvalue weighted by atomic mass is 32.2. The SMILES string of the molecule is C.CS(=O)(=O)O.Cc1ccc(COC(=O)N2CC[C@H](CNc3ncccn3)C(F)(F)C2)cc1. The minimum atomic E-state index is -3.67. The van der Waals surface area contributed by atoms with Crippen LogP contribution in [0.5, 0.6) is 0 Å². The second kappa shape index (κ2) is 12.4. The van der Waals surface area contributed by atoms with Crippen LogP contribution in [0.25, 0.3) is 0 Å². The van der Waals surface area contributed by atoms with E-state index in [0.29, 0.717) is 12.2 Å². The van der Waals surface area contributed by atoms with Crippen molar-refractivity contribution in [2.45, 2.75) is 33.3 Å². The number of hydrogen-bond donors (Lipinski definition) is 2. The van der Waals surface area contributed by atoms with Crippen molar-refractivity contribution in [2.24, 2.45) is 5.92 Å². The molecule has 184 valence electrons. The quantitative estimate of drug-likeness (QED) is 0.612. The highest BCUT2D eigenvalue weighted by Gasteiger charge is 2.46. The van der Waals surface area contributed by atoms with Crippen LogP contribution < -0.4 is 5.32 Å². The molecule has 1 aromatic heterocycles. The number of anilines is 1. The third-order valence-corrected chi connectivity index (χ3v) is 4.56. The molecule has 1 aliphatic heterocycles. The molecule has 0 aliphatic carbocycles. The van der Waals surface area contributed by atoms with Crippen molar-refractivity contribution in [3.05, 3.63) is 53.9 Å². The number of nitrogens with one attached hydrogen (secondary N) is 1. The van der Waals surface area contributed by atoms with Gasteiger partial charge in [0.2, 0.25) is 5.95 Å². The minimum Gasteiger partial charge on any atom is -0.445 e. The molecule has 0 saturated carbocycles. The fourth-order valence-electron chi connectivity index (χ4n) is 2.92. The number of aromatic nitrogens is 2. The summed E-state index contributed by atoms with van der Waals surface area (Å²) in [5, 5.41) is 2.83. The van der Waals surface area contributed by atoms with Crippen LogP contribution in [0.2, 0.25) is 0 Å². The number of piperidine rings is 1. The third kappa shape index (κ3) is 10.5. The van der Waals surface area contributed by atoms with E-state index >= 15 is 0 Å². The monoisotopic (exact) mass is 488 g/mol. The second-order valence-corrected chi connectivity index (χ2v) is 8.86. The Kier molecular flexibility index (Phi) is 10.6. The number of nitrogens with zero attached hydrogens (tertiary/aromatic N) is 3. The van der Waals surface area contributed by atoms with E-state index in [9.17, 15) is 22.0 Å². The zero-order valence-corrected chi connectivity index (χ0v) is 18.6. The zero-order valence-electron chi connectivity index (χ0n) is 17.7. The van der Waals surface area contributed by atoms with Crippen LogP contribution in [-0.4, -0.2) is 65.7 Å². The Morgan fingerprint density at radius 1 is 1.27 bits per heavy atom. The summed E-state index contributed by atoms with van der Waals surface area (Å²) < 4.78 is 60.0. The predicted molar refractivity (Wildman–Crippen MR) is 121 cm³/mol. The Hall–Kier alpha value is -2.86. The van der Waals surface area contributed by atoms with E-state index in [4.69, 9.17) is 9.29 Å². The van der Waals surface area contributed by atoms with Gasteiger partial charge in [0.1, 0.15) is 6.61 Å². The lowest BCUT2D eigenvalue weighted by Crippen LogP contribution is -2.52. The fraction of sp³-hybridized carbons (Fsp3) is 0.476. The molecule has 2 heterocycles. The number of amides is 1. The van der Waals surface area contributed by atoms with Gasteiger partial charge in [-0.15, -0.1) is 0 Å². The highest BCUT2D eigenvalue weighted by Crippen LogP contribution is 2.33. The Labute approximate surface area is 192 Å². The Morgan fingerprint density at radius 2 is 1.85 bits per heavy atom. The lowest BCUT2D eigenvalue weighted by molar-refractivity contribution is -0.102. The molecule has 0 spiro atoms. The largest absolute Gasteiger partial charge is 0.445 e. The van der Waals surface area contributed by atoms with E-state index in [-0.39, 0.29) is 33.5 Å². The number of alkyl halides is 2. The molecule has 1 fully saturated rings. The second-order valence-electron chi connectivity index (χ2n) is 7.39. The van der Waals surface area contributed by atoms with Gasteiger partial charge in [-0.1, -0.05) is 37.3 Å². The first-order valence-electron chi connectivity index (χ1n) is 9.72. The van der Waals surface area contributed by atoms with Crippen LogP contribution in [0.1, 0.15) is 25.0 Å². The number of aryl methyl sites for hydroxylation is 1. The van der Waals surface area contributed by atoms with Crippen LogP contribution in [0, 0.1) is 12.8 Å². The molecular formula is C21H30F2N4O5S. The maximum Gasteiger partial charge on any atom is 0.410 e. The van der Waals surface area contributed by atoms with E-state index in [1.807, 2.05) is 31.2 Å². The average Bonchev–Trinajstić information content (AvgIpc) is 2.71. The summed E-state index contributed by atoms with van der Waals surface area (Å²) in [4.78, 5) is 21.1. The molecule has 1 saturated heterocycles. The summed E-state index contributed by atoms with van der Waals surface area (Å²) in [7, 11) is -3.67. The highest BCUT2D eigenvalue weighted by molar-refractivity contribution is 7.85. The van der Waals surface area contributed by atoms with Crippen molar-refractivity contribution < 1.29 is 31.3 Å². The fourth-order valence-corrected chi connectivity index (χ4v) is 2.92. The van der Waals surface area contributed by atoms with Crippen LogP contribution in [0.3, 0.4) is 0 Å². The van der Waals surface area contributed by atoms with Gasteiger partial charge in [0.25, 0.3) is 16.0 Å². The third-order valence-electron chi connectivity index (χ3n) is 4.56. The summed E-state index contributed by atoms with van der Waals surface area (Å²) in [5.74, 6) is -3.60. The first kappa shape index (κ1) is 28.2. The molecule has 0 unspecified atom stereocenters. The normalized spacial score (nSPS) is 17.1. The molecular weight excluding hydrogens is 458 g/mol. The summed E-state index contributed by atoms with van der Waals surface area (Å²) in [5.41, 5.74) is 1.92. The molecule has 0 radical (unpaired) electrons. The molecule has 1 atom stereocenters. The molecule has 0 bridgehead atoms. The number of benzene rings is 1. The number of rotatable bonds is 5. The van der Waals surface area contributed by atoms with Crippen molar-refractivity contribution >= 4 is 22.2 Å². The molecule has 1 aliphatic rings. The van der Waals surface area contributed by atoms with Gasteiger partial charge in [-0.3, -0.25) is 4.55 Å². The van der Waals surface area contributed by atoms with Gasteiger partial charge in [-0.25, -0.2) is 23.5 Å². The summed E-state index contributed by atoms with van der Waals surface area (Å²) in [6.07, 6.45) is 3.26. The van der Waals surface area contributed by atoms with Gasteiger partial charge in [0.05, 0.1) is 12.8 Å². The first-order valence-corrected chi connectivity index (χ1v) is 11.6. The Morgan fingerprint density at radius 3 is 2.39 bits per heavy atom. The van der Waals surface area contributed by atoms with Crippen molar-refractivity contribution in [1.82, 2.24) is 14.9 Å². The molecule has 33 heavy (non-hydrogen) atoms. The smallest absolute Gasteiger partial charge is 0.410 e.